The number of anilines is 2. The number of piperidine rings is 1. The summed E-state index contributed by atoms with van der Waals surface area (Å²) in [7, 11) is -2.35. The standard InChI is InChI=1S/C24H33N3O4S/c1-5-26(6-2)21-13-11-20(12-14-21)25-24(28)19-10-15-22(31-4)23(17-19)32(29,30)27-16-8-7-9-18(27)3/h10-15,17-18H,5-9,16H2,1-4H3,(H,25,28). The average molecular weight is 460 g/mol. The van der Waals surface area contributed by atoms with Crippen molar-refractivity contribution in [2.24, 2.45) is 0 Å². The number of hydrogen-bond donors (Lipinski definition) is 1. The van der Waals surface area contributed by atoms with Crippen molar-refractivity contribution in [1.29, 1.82) is 0 Å². The lowest BCUT2D eigenvalue weighted by molar-refractivity contribution is 0.102. The van der Waals surface area contributed by atoms with Crippen LogP contribution in [0.4, 0.5) is 11.4 Å². The molecule has 1 fully saturated rings. The molecule has 7 nitrogen and oxygen atoms in total. The maximum atomic E-state index is 13.4. The van der Waals surface area contributed by atoms with Crippen LogP contribution in [0.15, 0.2) is 47.4 Å². The number of ether oxygens (including phenoxy) is 1. The normalized spacial score (nSPS) is 17.1. The van der Waals surface area contributed by atoms with Crippen molar-refractivity contribution in [3.8, 4) is 5.75 Å². The van der Waals surface area contributed by atoms with E-state index in [0.717, 1.165) is 38.0 Å². The molecule has 1 amide bonds. The second-order valence-electron chi connectivity index (χ2n) is 8.00. The number of amides is 1. The zero-order chi connectivity index (χ0) is 23.3. The quantitative estimate of drug-likeness (QED) is 0.635. The number of benzene rings is 2. The summed E-state index contributed by atoms with van der Waals surface area (Å²) in [6, 6.07) is 12.1. The SMILES string of the molecule is CCN(CC)c1ccc(NC(=O)c2ccc(OC)c(S(=O)(=O)N3CCCCC3C)c2)cc1. The highest BCUT2D eigenvalue weighted by Gasteiger charge is 2.33. The van der Waals surface area contributed by atoms with Crippen LogP contribution >= 0.6 is 0 Å². The molecule has 174 valence electrons. The van der Waals surface area contributed by atoms with Crippen molar-refractivity contribution in [3.63, 3.8) is 0 Å². The van der Waals surface area contributed by atoms with Gasteiger partial charge >= 0.3 is 0 Å². The van der Waals surface area contributed by atoms with E-state index >= 15 is 0 Å². The first-order chi connectivity index (χ1) is 15.3. The minimum absolute atomic E-state index is 0.0262. The molecule has 1 aliphatic rings. The van der Waals surface area contributed by atoms with Gasteiger partial charge in [0.15, 0.2) is 0 Å². The predicted molar refractivity (Wildman–Crippen MR) is 128 cm³/mol. The number of methoxy groups -OCH3 is 1. The molecule has 8 heteroatoms. The summed E-state index contributed by atoms with van der Waals surface area (Å²) < 4.78 is 33.6. The number of sulfonamides is 1. The van der Waals surface area contributed by atoms with Gasteiger partial charge in [-0.25, -0.2) is 8.42 Å². The largest absolute Gasteiger partial charge is 0.495 e. The van der Waals surface area contributed by atoms with Gasteiger partial charge in [-0.1, -0.05) is 6.42 Å². The molecule has 1 heterocycles. The maximum absolute atomic E-state index is 13.4. The van der Waals surface area contributed by atoms with Crippen molar-refractivity contribution in [1.82, 2.24) is 4.31 Å². The van der Waals surface area contributed by atoms with Crippen LogP contribution in [0.1, 0.15) is 50.4 Å². The number of carbonyl (C=O) groups is 1. The van der Waals surface area contributed by atoms with E-state index in [1.165, 1.54) is 17.5 Å². The molecular formula is C24H33N3O4S. The molecule has 32 heavy (non-hydrogen) atoms. The third kappa shape index (κ3) is 5.07. The summed E-state index contributed by atoms with van der Waals surface area (Å²) >= 11 is 0. The highest BCUT2D eigenvalue weighted by molar-refractivity contribution is 7.89. The van der Waals surface area contributed by atoms with E-state index in [1.54, 1.807) is 12.1 Å². The van der Waals surface area contributed by atoms with Crippen LogP contribution in [-0.4, -0.2) is 51.4 Å². The Balaban J connectivity index is 1.85. The maximum Gasteiger partial charge on any atom is 0.255 e. The van der Waals surface area contributed by atoms with Gasteiger partial charge in [0.1, 0.15) is 10.6 Å². The number of hydrogen-bond acceptors (Lipinski definition) is 5. The second kappa shape index (κ2) is 10.4. The molecule has 1 aliphatic heterocycles. The molecule has 0 aromatic heterocycles. The Morgan fingerprint density at radius 1 is 1.12 bits per heavy atom. The molecular weight excluding hydrogens is 426 g/mol. The van der Waals surface area contributed by atoms with Gasteiger partial charge < -0.3 is 15.0 Å². The first-order valence-electron chi connectivity index (χ1n) is 11.2. The second-order valence-corrected chi connectivity index (χ2v) is 9.86. The van der Waals surface area contributed by atoms with Gasteiger partial charge in [-0.05, 0) is 76.1 Å². The summed E-state index contributed by atoms with van der Waals surface area (Å²) in [5, 5.41) is 2.86. The van der Waals surface area contributed by atoms with E-state index in [2.05, 4.69) is 24.1 Å². The van der Waals surface area contributed by atoms with Gasteiger partial charge in [0.2, 0.25) is 10.0 Å². The summed E-state index contributed by atoms with van der Waals surface area (Å²) in [4.78, 5) is 15.1. The van der Waals surface area contributed by atoms with E-state index in [1.807, 2.05) is 31.2 Å². The van der Waals surface area contributed by atoms with Crippen LogP contribution in [-0.2, 0) is 10.0 Å². The smallest absolute Gasteiger partial charge is 0.255 e. The Morgan fingerprint density at radius 2 is 1.81 bits per heavy atom. The lowest BCUT2D eigenvalue weighted by Crippen LogP contribution is -2.42. The zero-order valence-corrected chi connectivity index (χ0v) is 20.1. The molecule has 0 spiro atoms. The van der Waals surface area contributed by atoms with Crippen LogP contribution in [0.5, 0.6) is 5.75 Å². The molecule has 2 aromatic carbocycles. The van der Waals surface area contributed by atoms with Gasteiger partial charge in [0.05, 0.1) is 7.11 Å². The summed E-state index contributed by atoms with van der Waals surface area (Å²) in [5.41, 5.74) is 2.00. The predicted octanol–water partition coefficient (Wildman–Crippen LogP) is 4.36. The molecule has 0 radical (unpaired) electrons. The van der Waals surface area contributed by atoms with E-state index in [-0.39, 0.29) is 28.2 Å². The summed E-state index contributed by atoms with van der Waals surface area (Å²) in [6.07, 6.45) is 2.67. The van der Waals surface area contributed by atoms with E-state index in [0.29, 0.717) is 12.2 Å². The van der Waals surface area contributed by atoms with Crippen LogP contribution < -0.4 is 15.0 Å². The first kappa shape index (κ1) is 24.1. The van der Waals surface area contributed by atoms with Crippen LogP contribution in [0.25, 0.3) is 0 Å². The third-order valence-corrected chi connectivity index (χ3v) is 8.04. The minimum atomic E-state index is -3.78. The Kier molecular flexibility index (Phi) is 7.79. The van der Waals surface area contributed by atoms with Crippen LogP contribution in [0.3, 0.4) is 0 Å². The topological polar surface area (TPSA) is 79.0 Å². The molecule has 0 saturated carbocycles. The van der Waals surface area contributed by atoms with Crippen molar-refractivity contribution >= 4 is 27.3 Å². The fraction of sp³-hybridized carbons (Fsp3) is 0.458. The molecule has 0 bridgehead atoms. The minimum Gasteiger partial charge on any atom is -0.495 e. The fourth-order valence-corrected chi connectivity index (χ4v) is 6.01. The third-order valence-electron chi connectivity index (χ3n) is 6.01. The molecule has 1 N–H and O–H groups in total. The van der Waals surface area contributed by atoms with Gasteiger partial charge in [0, 0.05) is 42.6 Å². The highest BCUT2D eigenvalue weighted by atomic mass is 32.2. The monoisotopic (exact) mass is 459 g/mol. The molecule has 1 unspecified atom stereocenters. The van der Waals surface area contributed by atoms with Crippen molar-refractivity contribution in [3.05, 3.63) is 48.0 Å². The molecule has 0 aliphatic carbocycles. The van der Waals surface area contributed by atoms with E-state index < -0.39 is 10.0 Å². The van der Waals surface area contributed by atoms with Crippen LogP contribution in [0.2, 0.25) is 0 Å². The van der Waals surface area contributed by atoms with Crippen LogP contribution in [0, 0.1) is 0 Å². The number of rotatable bonds is 8. The Labute approximate surface area is 191 Å². The molecule has 3 rings (SSSR count). The summed E-state index contributed by atoms with van der Waals surface area (Å²) in [6.45, 7) is 8.39. The van der Waals surface area contributed by atoms with Crippen molar-refractivity contribution < 1.29 is 17.9 Å². The summed E-state index contributed by atoms with van der Waals surface area (Å²) in [5.74, 6) is -0.130. The lowest BCUT2D eigenvalue weighted by atomic mass is 10.1. The first-order valence-corrected chi connectivity index (χ1v) is 12.6. The Hall–Kier alpha value is -2.58. The highest BCUT2D eigenvalue weighted by Crippen LogP contribution is 2.32. The molecule has 1 atom stereocenters. The van der Waals surface area contributed by atoms with Gasteiger partial charge in [-0.3, -0.25) is 4.79 Å². The Morgan fingerprint density at radius 3 is 2.41 bits per heavy atom. The number of carbonyl (C=O) groups excluding carboxylic acids is 1. The average Bonchev–Trinajstić information content (AvgIpc) is 2.80. The zero-order valence-electron chi connectivity index (χ0n) is 19.3. The molecule has 1 saturated heterocycles. The van der Waals surface area contributed by atoms with Gasteiger partial charge in [-0.15, -0.1) is 0 Å². The molecule has 2 aromatic rings. The number of nitrogens with zero attached hydrogens (tertiary/aromatic N) is 2. The van der Waals surface area contributed by atoms with Gasteiger partial charge in [-0.2, -0.15) is 4.31 Å². The lowest BCUT2D eigenvalue weighted by Gasteiger charge is -2.32. The Bertz CT molecular complexity index is 1030. The fourth-order valence-electron chi connectivity index (χ4n) is 4.12. The van der Waals surface area contributed by atoms with Gasteiger partial charge in [0.25, 0.3) is 5.91 Å². The number of nitrogens with one attached hydrogen (secondary N) is 1. The van der Waals surface area contributed by atoms with E-state index in [9.17, 15) is 13.2 Å². The van der Waals surface area contributed by atoms with Crippen molar-refractivity contribution in [2.75, 3.05) is 37.0 Å². The van der Waals surface area contributed by atoms with Crippen molar-refractivity contribution in [2.45, 2.75) is 51.0 Å². The van der Waals surface area contributed by atoms with E-state index in [4.69, 9.17) is 4.74 Å².